The predicted molar refractivity (Wildman–Crippen MR) is 63.6 cm³/mol. The first-order valence-corrected chi connectivity index (χ1v) is 6.12. The number of alkyl halides is 8. The van der Waals surface area contributed by atoms with Crippen molar-refractivity contribution >= 4 is 0 Å². The second-order valence-electron chi connectivity index (χ2n) is 4.42. The Hall–Kier alpha value is -1.82. The topological polar surface area (TPSA) is 64.7 Å². The molecule has 0 saturated carbocycles. The lowest BCUT2D eigenvalue weighted by atomic mass is 10.1. The summed E-state index contributed by atoms with van der Waals surface area (Å²) in [6.45, 7) is -0.515. The molecule has 0 heterocycles. The van der Waals surface area contributed by atoms with Crippen LogP contribution in [-0.2, 0) is 0 Å². The molecule has 12 heteroatoms. The van der Waals surface area contributed by atoms with E-state index in [0.717, 1.165) is 0 Å². The molecule has 1 atom stereocenters. The van der Waals surface area contributed by atoms with Crippen LogP contribution in [0, 0.1) is 0 Å². The van der Waals surface area contributed by atoms with Crippen LogP contribution in [0.3, 0.4) is 0 Å². The van der Waals surface area contributed by atoms with Crippen molar-refractivity contribution in [2.24, 2.45) is 5.73 Å². The van der Waals surface area contributed by atoms with E-state index in [9.17, 15) is 40.2 Å². The standard InChI is InChI=1S/C12H11F8NO3/c13-9(14)11(17,18)23-6-1-5(8(22)4-21)2-7(3-6)24-12(19,20)10(15)16/h1-3,8-10,22H,4,21H2. The number of aliphatic hydroxyl groups is 1. The van der Waals surface area contributed by atoms with Crippen LogP contribution in [0.25, 0.3) is 0 Å². The van der Waals surface area contributed by atoms with E-state index in [0.29, 0.717) is 12.1 Å². The van der Waals surface area contributed by atoms with Gasteiger partial charge in [-0.1, -0.05) is 0 Å². The Balaban J connectivity index is 3.22. The van der Waals surface area contributed by atoms with Crippen molar-refractivity contribution in [1.82, 2.24) is 0 Å². The lowest BCUT2D eigenvalue weighted by molar-refractivity contribution is -0.255. The van der Waals surface area contributed by atoms with Crippen LogP contribution in [-0.4, -0.2) is 36.7 Å². The van der Waals surface area contributed by atoms with Gasteiger partial charge in [-0.05, 0) is 17.7 Å². The molecule has 0 radical (unpaired) electrons. The van der Waals surface area contributed by atoms with Gasteiger partial charge in [0, 0.05) is 12.6 Å². The number of aliphatic hydroxyl groups excluding tert-OH is 1. The first-order chi connectivity index (χ1) is 10.9. The SMILES string of the molecule is NCC(O)c1cc(OC(F)(F)C(F)F)cc(OC(F)(F)C(F)F)c1. The summed E-state index contributed by atoms with van der Waals surface area (Å²) in [7, 11) is 0. The zero-order valence-corrected chi connectivity index (χ0v) is 11.5. The summed E-state index contributed by atoms with van der Waals surface area (Å²) < 4.78 is 107. The van der Waals surface area contributed by atoms with E-state index in [4.69, 9.17) is 5.73 Å². The molecule has 0 fully saturated rings. The van der Waals surface area contributed by atoms with Gasteiger partial charge in [-0.2, -0.15) is 35.1 Å². The average Bonchev–Trinajstić information content (AvgIpc) is 2.44. The monoisotopic (exact) mass is 369 g/mol. The number of rotatable bonds is 8. The van der Waals surface area contributed by atoms with Gasteiger partial charge in [-0.25, -0.2) is 0 Å². The molecular formula is C12H11F8NO3. The fraction of sp³-hybridized carbons (Fsp3) is 0.500. The van der Waals surface area contributed by atoms with E-state index in [1.165, 1.54) is 0 Å². The highest BCUT2D eigenvalue weighted by Crippen LogP contribution is 2.35. The van der Waals surface area contributed by atoms with Crippen molar-refractivity contribution in [3.8, 4) is 11.5 Å². The summed E-state index contributed by atoms with van der Waals surface area (Å²) in [4.78, 5) is 0. The van der Waals surface area contributed by atoms with E-state index in [1.54, 1.807) is 0 Å². The zero-order chi connectivity index (χ0) is 18.7. The van der Waals surface area contributed by atoms with Gasteiger partial charge in [0.2, 0.25) is 0 Å². The highest BCUT2D eigenvalue weighted by atomic mass is 19.3. The molecule has 1 unspecified atom stereocenters. The molecule has 1 aromatic carbocycles. The Labute approximate surface area is 129 Å². The van der Waals surface area contributed by atoms with Gasteiger partial charge in [-0.15, -0.1) is 0 Å². The van der Waals surface area contributed by atoms with Crippen LogP contribution in [0.15, 0.2) is 18.2 Å². The molecule has 1 aromatic rings. The lowest BCUT2D eigenvalue weighted by Gasteiger charge is -2.21. The molecular weight excluding hydrogens is 358 g/mol. The van der Waals surface area contributed by atoms with E-state index >= 15 is 0 Å². The smallest absolute Gasteiger partial charge is 0.428 e. The second kappa shape index (κ2) is 7.38. The Morgan fingerprint density at radius 2 is 1.25 bits per heavy atom. The number of ether oxygens (including phenoxy) is 2. The van der Waals surface area contributed by atoms with Crippen molar-refractivity contribution < 1.29 is 49.7 Å². The number of hydrogen-bond donors (Lipinski definition) is 2. The van der Waals surface area contributed by atoms with Crippen molar-refractivity contribution in [2.45, 2.75) is 31.2 Å². The number of nitrogens with two attached hydrogens (primary N) is 1. The molecule has 0 aliphatic rings. The van der Waals surface area contributed by atoms with Crippen molar-refractivity contribution in [1.29, 1.82) is 0 Å². The Morgan fingerprint density at radius 3 is 1.54 bits per heavy atom. The van der Waals surface area contributed by atoms with Crippen LogP contribution in [0.4, 0.5) is 35.1 Å². The van der Waals surface area contributed by atoms with Crippen LogP contribution >= 0.6 is 0 Å². The molecule has 0 aliphatic heterocycles. The van der Waals surface area contributed by atoms with Crippen LogP contribution < -0.4 is 15.2 Å². The van der Waals surface area contributed by atoms with E-state index in [-0.39, 0.29) is 6.07 Å². The molecule has 0 spiro atoms. The van der Waals surface area contributed by atoms with Gasteiger partial charge < -0.3 is 20.3 Å². The van der Waals surface area contributed by atoms with Crippen LogP contribution in [0.1, 0.15) is 11.7 Å². The van der Waals surface area contributed by atoms with Gasteiger partial charge in [0.15, 0.2) is 0 Å². The number of hydrogen-bond acceptors (Lipinski definition) is 4. The highest BCUT2D eigenvalue weighted by molar-refractivity contribution is 5.40. The summed E-state index contributed by atoms with van der Waals surface area (Å²) in [6.07, 6.45) is -20.1. The van der Waals surface area contributed by atoms with Crippen LogP contribution in [0.2, 0.25) is 0 Å². The first-order valence-electron chi connectivity index (χ1n) is 6.12. The maximum atomic E-state index is 12.9. The van der Waals surface area contributed by atoms with Crippen molar-refractivity contribution in [3.05, 3.63) is 23.8 Å². The normalized spacial score (nSPS) is 14.2. The third-order valence-electron chi connectivity index (χ3n) is 2.53. The Morgan fingerprint density at radius 1 is 0.875 bits per heavy atom. The largest absolute Gasteiger partial charge is 0.461 e. The fourth-order valence-corrected chi connectivity index (χ4v) is 1.44. The third-order valence-corrected chi connectivity index (χ3v) is 2.53. The summed E-state index contributed by atoms with van der Waals surface area (Å²) in [5.41, 5.74) is 4.64. The Kier molecular flexibility index (Phi) is 6.22. The van der Waals surface area contributed by atoms with Crippen molar-refractivity contribution in [2.75, 3.05) is 6.54 Å². The predicted octanol–water partition coefficient (Wildman–Crippen LogP) is 3.15. The summed E-state index contributed by atoms with van der Waals surface area (Å²) in [6, 6.07) is 1.46. The fourth-order valence-electron chi connectivity index (χ4n) is 1.44. The van der Waals surface area contributed by atoms with Crippen LogP contribution in [0.5, 0.6) is 11.5 Å². The highest BCUT2D eigenvalue weighted by Gasteiger charge is 2.45. The number of halogens is 8. The van der Waals surface area contributed by atoms with Crippen molar-refractivity contribution in [3.63, 3.8) is 0 Å². The van der Waals surface area contributed by atoms with Gasteiger partial charge >= 0.3 is 25.1 Å². The molecule has 0 saturated heterocycles. The maximum absolute atomic E-state index is 12.9. The summed E-state index contributed by atoms with van der Waals surface area (Å²) >= 11 is 0. The first kappa shape index (κ1) is 20.2. The quantitative estimate of drug-likeness (QED) is 0.691. The van der Waals surface area contributed by atoms with Gasteiger partial charge in [0.25, 0.3) is 0 Å². The minimum atomic E-state index is -4.99. The third kappa shape index (κ3) is 5.09. The minimum absolute atomic E-state index is 0.263. The molecule has 138 valence electrons. The average molecular weight is 369 g/mol. The van der Waals surface area contributed by atoms with Gasteiger partial charge in [0.1, 0.15) is 11.5 Å². The zero-order valence-electron chi connectivity index (χ0n) is 11.5. The van der Waals surface area contributed by atoms with E-state index < -0.39 is 54.8 Å². The molecule has 0 bridgehead atoms. The maximum Gasteiger partial charge on any atom is 0.461 e. The molecule has 24 heavy (non-hydrogen) atoms. The van der Waals surface area contributed by atoms with Gasteiger partial charge in [-0.3, -0.25) is 0 Å². The number of benzene rings is 1. The lowest BCUT2D eigenvalue weighted by Crippen LogP contribution is -2.34. The minimum Gasteiger partial charge on any atom is -0.428 e. The molecule has 1 rings (SSSR count). The second-order valence-corrected chi connectivity index (χ2v) is 4.42. The molecule has 4 nitrogen and oxygen atoms in total. The van der Waals surface area contributed by atoms with E-state index in [2.05, 4.69) is 9.47 Å². The molecule has 0 aromatic heterocycles. The summed E-state index contributed by atoms with van der Waals surface area (Å²) in [5.74, 6) is -2.24. The van der Waals surface area contributed by atoms with Gasteiger partial charge in [0.05, 0.1) is 6.10 Å². The molecule has 0 amide bonds. The molecule has 3 N–H and O–H groups in total. The summed E-state index contributed by atoms with van der Waals surface area (Å²) in [5, 5.41) is 9.49. The molecule has 0 aliphatic carbocycles. The van der Waals surface area contributed by atoms with E-state index in [1.807, 2.05) is 0 Å². The Bertz CT molecular complexity index is 515.